The number of hydrogen-bond acceptors (Lipinski definition) is 4. The van der Waals surface area contributed by atoms with Crippen LogP contribution in [0.25, 0.3) is 0 Å². The summed E-state index contributed by atoms with van der Waals surface area (Å²) < 4.78 is 0. The molecule has 4 N–H and O–H groups in total. The van der Waals surface area contributed by atoms with E-state index in [1.54, 1.807) is 25.7 Å². The number of fused-ring (bicyclic) bond motifs is 1. The van der Waals surface area contributed by atoms with Crippen LogP contribution in [0.4, 0.5) is 0 Å². The molecule has 0 aromatic carbocycles. The molecule has 2 aliphatic rings. The second-order valence-corrected chi connectivity index (χ2v) is 5.05. The van der Waals surface area contributed by atoms with Crippen molar-refractivity contribution in [3.8, 4) is 0 Å². The lowest BCUT2D eigenvalue weighted by Crippen LogP contribution is -2.18. The maximum absolute atomic E-state index is 9.55. The summed E-state index contributed by atoms with van der Waals surface area (Å²) in [6, 6.07) is 0. The highest BCUT2D eigenvalue weighted by molar-refractivity contribution is 5.90. The van der Waals surface area contributed by atoms with E-state index in [0.717, 1.165) is 0 Å². The fourth-order valence-corrected chi connectivity index (χ4v) is 2.33. The topological polar surface area (TPSA) is 149 Å². The van der Waals surface area contributed by atoms with Gasteiger partial charge in [-0.15, -0.1) is 0 Å². The van der Waals surface area contributed by atoms with Crippen LogP contribution in [0.1, 0.15) is 32.1 Å². The molecule has 8 heteroatoms. The number of carboxylic acids is 4. The lowest BCUT2D eigenvalue weighted by Gasteiger charge is -2.29. The molecule has 0 aliphatic heterocycles. The zero-order valence-electron chi connectivity index (χ0n) is 12.4. The second-order valence-electron chi connectivity index (χ2n) is 5.05. The third kappa shape index (κ3) is 11.7. The van der Waals surface area contributed by atoms with Crippen molar-refractivity contribution in [2.24, 2.45) is 11.8 Å². The van der Waals surface area contributed by atoms with Gasteiger partial charge in [0, 0.05) is 24.3 Å². The van der Waals surface area contributed by atoms with Crippen LogP contribution in [0.5, 0.6) is 0 Å². The molecule has 0 amide bonds. The molecule has 0 radical (unpaired) electrons. The molecule has 0 heterocycles. The first kappa shape index (κ1) is 20.4. The monoisotopic (exact) mass is 328 g/mol. The van der Waals surface area contributed by atoms with Crippen molar-refractivity contribution in [2.45, 2.75) is 32.1 Å². The van der Waals surface area contributed by atoms with E-state index in [4.69, 9.17) is 20.4 Å². The van der Waals surface area contributed by atoms with Gasteiger partial charge in [-0.05, 0) is 24.7 Å². The molecule has 0 aromatic rings. The summed E-state index contributed by atoms with van der Waals surface area (Å²) in [5.41, 5.74) is 0. The van der Waals surface area contributed by atoms with Crippen LogP contribution in [-0.4, -0.2) is 44.3 Å². The molecule has 8 nitrogen and oxygen atoms in total. The van der Waals surface area contributed by atoms with Gasteiger partial charge in [-0.25, -0.2) is 19.2 Å². The van der Waals surface area contributed by atoms with Gasteiger partial charge in [-0.1, -0.05) is 19.3 Å². The minimum Gasteiger partial charge on any atom is -0.478 e. The van der Waals surface area contributed by atoms with Crippen LogP contribution in [-0.2, 0) is 19.2 Å². The summed E-state index contributed by atoms with van der Waals surface area (Å²) in [7, 11) is 0. The summed E-state index contributed by atoms with van der Waals surface area (Å²) in [5, 5.41) is 31.2. The zero-order chi connectivity index (χ0) is 17.8. The Labute approximate surface area is 132 Å². The molecule has 2 rings (SSSR count). The Bertz CT molecular complexity index is 416. The molecule has 2 aliphatic carbocycles. The molecule has 2 saturated carbocycles. The molecule has 0 aromatic heterocycles. The second kappa shape index (κ2) is 11.0. The first-order valence-electron chi connectivity index (χ1n) is 7.00. The highest BCUT2D eigenvalue weighted by Gasteiger charge is 2.34. The fourth-order valence-electron chi connectivity index (χ4n) is 2.33. The van der Waals surface area contributed by atoms with Crippen molar-refractivity contribution in [2.75, 3.05) is 0 Å². The lowest BCUT2D eigenvalue weighted by molar-refractivity contribution is -0.134. The van der Waals surface area contributed by atoms with Crippen molar-refractivity contribution in [1.82, 2.24) is 0 Å². The van der Waals surface area contributed by atoms with Crippen LogP contribution in [0.3, 0.4) is 0 Å². The van der Waals surface area contributed by atoms with Gasteiger partial charge in [0.2, 0.25) is 0 Å². The number of carbonyl (C=O) groups is 4. The Morgan fingerprint density at radius 3 is 0.957 bits per heavy atom. The van der Waals surface area contributed by atoms with E-state index in [-0.39, 0.29) is 0 Å². The first-order valence-corrected chi connectivity index (χ1v) is 7.00. The van der Waals surface area contributed by atoms with Crippen LogP contribution in [0.15, 0.2) is 24.3 Å². The highest BCUT2D eigenvalue weighted by Crippen LogP contribution is 2.46. The molecular formula is C15H20O8. The molecule has 0 bridgehead atoms. The summed E-state index contributed by atoms with van der Waals surface area (Å²) in [5.74, 6) is -2.64. The molecule has 0 spiro atoms. The Hall–Kier alpha value is -2.64. The van der Waals surface area contributed by atoms with Crippen molar-refractivity contribution in [3.05, 3.63) is 24.3 Å². The predicted molar refractivity (Wildman–Crippen MR) is 78.9 cm³/mol. The van der Waals surface area contributed by atoms with Gasteiger partial charge >= 0.3 is 23.9 Å². The number of aliphatic carboxylic acids is 4. The molecule has 2 atom stereocenters. The summed E-state index contributed by atoms with van der Waals surface area (Å²) in [6.07, 6.45) is 10.0. The van der Waals surface area contributed by atoms with Crippen molar-refractivity contribution in [3.63, 3.8) is 0 Å². The Morgan fingerprint density at radius 1 is 0.565 bits per heavy atom. The van der Waals surface area contributed by atoms with Gasteiger partial charge in [-0.3, -0.25) is 0 Å². The zero-order valence-corrected chi connectivity index (χ0v) is 12.4. The average molecular weight is 328 g/mol. The van der Waals surface area contributed by atoms with Crippen molar-refractivity contribution >= 4 is 23.9 Å². The maximum Gasteiger partial charge on any atom is 0.328 e. The van der Waals surface area contributed by atoms with Crippen LogP contribution in [0.2, 0.25) is 0 Å². The van der Waals surface area contributed by atoms with Gasteiger partial charge in [0.15, 0.2) is 0 Å². The maximum atomic E-state index is 9.55. The van der Waals surface area contributed by atoms with E-state index < -0.39 is 23.9 Å². The first-order chi connectivity index (χ1) is 10.7. The van der Waals surface area contributed by atoms with Crippen LogP contribution < -0.4 is 0 Å². The van der Waals surface area contributed by atoms with Crippen molar-refractivity contribution < 1.29 is 39.6 Å². The molecule has 23 heavy (non-hydrogen) atoms. The normalized spacial score (nSPS) is 21.2. The molecule has 128 valence electrons. The van der Waals surface area contributed by atoms with Gasteiger partial charge < -0.3 is 20.4 Å². The SMILES string of the molecule is C1CC2CCC2C1.O=C(O)/C=C/C(=O)O.O=C(O)/C=C/C(=O)O. The lowest BCUT2D eigenvalue weighted by atomic mass is 9.77. The van der Waals surface area contributed by atoms with Crippen molar-refractivity contribution in [1.29, 1.82) is 0 Å². The third-order valence-corrected chi connectivity index (χ3v) is 3.46. The molecular weight excluding hydrogens is 308 g/mol. The minimum absolute atomic E-state index is 0.558. The van der Waals surface area contributed by atoms with E-state index in [9.17, 15) is 19.2 Å². The largest absolute Gasteiger partial charge is 0.478 e. The third-order valence-electron chi connectivity index (χ3n) is 3.46. The fraction of sp³-hybridized carbons (Fsp3) is 0.467. The summed E-state index contributed by atoms with van der Waals surface area (Å²) >= 11 is 0. The van der Waals surface area contributed by atoms with Gasteiger partial charge in [0.05, 0.1) is 0 Å². The van der Waals surface area contributed by atoms with E-state index in [1.165, 1.54) is 18.3 Å². The number of hydrogen-bond donors (Lipinski definition) is 4. The van der Waals surface area contributed by atoms with E-state index in [0.29, 0.717) is 24.3 Å². The molecule has 2 fully saturated rings. The summed E-state index contributed by atoms with van der Waals surface area (Å²) in [6.45, 7) is 0. The smallest absolute Gasteiger partial charge is 0.328 e. The van der Waals surface area contributed by atoms with Crippen LogP contribution in [0, 0.1) is 11.8 Å². The van der Waals surface area contributed by atoms with Gasteiger partial charge in [0.1, 0.15) is 0 Å². The van der Waals surface area contributed by atoms with Gasteiger partial charge in [0.25, 0.3) is 0 Å². The Morgan fingerprint density at radius 2 is 0.826 bits per heavy atom. The van der Waals surface area contributed by atoms with Gasteiger partial charge in [-0.2, -0.15) is 0 Å². The predicted octanol–water partition coefficient (Wildman–Crippen LogP) is 1.62. The van der Waals surface area contributed by atoms with E-state index >= 15 is 0 Å². The number of rotatable bonds is 4. The van der Waals surface area contributed by atoms with E-state index in [2.05, 4.69) is 0 Å². The average Bonchev–Trinajstić information content (AvgIpc) is 2.74. The Kier molecular flexibility index (Phi) is 9.74. The standard InChI is InChI=1S/C7H12.2C4H4O4/c1-2-6-4-5-7(6)3-1;2*5-3(6)1-2-4(7)8/h6-7H,1-5H2;2*1-2H,(H,5,6)(H,7,8)/b;2*2-1+. The number of carboxylic acid groups (broad SMARTS) is 4. The highest BCUT2D eigenvalue weighted by atomic mass is 16.4. The molecule has 0 saturated heterocycles. The van der Waals surface area contributed by atoms with E-state index in [1.807, 2.05) is 0 Å². The molecule has 2 unspecified atom stereocenters. The quantitative estimate of drug-likeness (QED) is 0.569. The minimum atomic E-state index is -1.26. The Balaban J connectivity index is 0.000000315. The van der Waals surface area contributed by atoms with Crippen LogP contribution >= 0.6 is 0 Å². The summed E-state index contributed by atoms with van der Waals surface area (Å²) in [4.78, 5) is 38.2.